The van der Waals surface area contributed by atoms with Crippen molar-refractivity contribution in [1.82, 2.24) is 9.97 Å². The van der Waals surface area contributed by atoms with Gasteiger partial charge in [0.1, 0.15) is 0 Å². The molecule has 4 aromatic rings. The number of aliphatic imine (C=N–C) groups is 1. The summed E-state index contributed by atoms with van der Waals surface area (Å²) in [6, 6.07) is 14.6. The van der Waals surface area contributed by atoms with Gasteiger partial charge in [-0.2, -0.15) is 0 Å². The predicted molar refractivity (Wildman–Crippen MR) is 113 cm³/mol. The first-order valence-electron chi connectivity index (χ1n) is 8.51. The monoisotopic (exact) mass is 388 g/mol. The lowest BCUT2D eigenvalue weighted by Crippen LogP contribution is -1.95. The van der Waals surface area contributed by atoms with Crippen LogP contribution in [0.3, 0.4) is 0 Å². The SMILES string of the molecule is O=C(/C=C/Nc1nccs1)c1ccc(N=Cc2c(O)[nH]c3ccccc23)cc1. The second-order valence-corrected chi connectivity index (χ2v) is 6.81. The molecule has 2 aromatic carbocycles. The van der Waals surface area contributed by atoms with Gasteiger partial charge in [-0.1, -0.05) is 18.2 Å². The van der Waals surface area contributed by atoms with E-state index in [-0.39, 0.29) is 11.7 Å². The third-order valence-electron chi connectivity index (χ3n) is 4.09. The summed E-state index contributed by atoms with van der Waals surface area (Å²) in [5, 5.41) is 16.5. The van der Waals surface area contributed by atoms with Gasteiger partial charge < -0.3 is 15.4 Å². The number of nitrogens with one attached hydrogen (secondary N) is 2. The highest BCUT2D eigenvalue weighted by atomic mass is 32.1. The first-order chi connectivity index (χ1) is 13.7. The molecule has 0 atom stereocenters. The van der Waals surface area contributed by atoms with Crippen molar-refractivity contribution >= 4 is 45.1 Å². The number of carbonyl (C=O) groups is 1. The molecule has 7 heteroatoms. The Morgan fingerprint density at radius 2 is 2.00 bits per heavy atom. The number of para-hydroxylation sites is 1. The van der Waals surface area contributed by atoms with Crippen LogP contribution in [0, 0.1) is 0 Å². The number of hydrogen-bond donors (Lipinski definition) is 3. The maximum absolute atomic E-state index is 12.2. The third kappa shape index (κ3) is 3.84. The lowest BCUT2D eigenvalue weighted by Gasteiger charge is -1.98. The Kier molecular flexibility index (Phi) is 4.99. The molecular weight excluding hydrogens is 372 g/mol. The fraction of sp³-hybridized carbons (Fsp3) is 0. The molecule has 0 fully saturated rings. The van der Waals surface area contributed by atoms with Crippen LogP contribution in [-0.4, -0.2) is 27.1 Å². The van der Waals surface area contributed by atoms with E-state index < -0.39 is 0 Å². The fourth-order valence-corrected chi connectivity index (χ4v) is 3.22. The van der Waals surface area contributed by atoms with E-state index in [4.69, 9.17) is 0 Å². The van der Waals surface area contributed by atoms with Gasteiger partial charge in [-0.05, 0) is 30.3 Å². The molecule has 138 valence electrons. The number of carbonyl (C=O) groups excluding carboxylic acids is 1. The summed E-state index contributed by atoms with van der Waals surface area (Å²) in [4.78, 5) is 23.6. The van der Waals surface area contributed by atoms with E-state index in [1.165, 1.54) is 17.4 Å². The van der Waals surface area contributed by atoms with Crippen LogP contribution < -0.4 is 5.32 Å². The van der Waals surface area contributed by atoms with Crippen molar-refractivity contribution in [3.05, 3.63) is 83.5 Å². The van der Waals surface area contributed by atoms with Crippen LogP contribution >= 0.6 is 11.3 Å². The number of H-pyrrole nitrogens is 1. The number of allylic oxidation sites excluding steroid dienone is 1. The Balaban J connectivity index is 1.45. The van der Waals surface area contributed by atoms with E-state index in [9.17, 15) is 9.90 Å². The van der Waals surface area contributed by atoms with Crippen LogP contribution in [0.25, 0.3) is 10.9 Å². The average Bonchev–Trinajstić information content (AvgIpc) is 3.34. The van der Waals surface area contributed by atoms with Gasteiger partial charge in [-0.25, -0.2) is 4.98 Å². The van der Waals surface area contributed by atoms with Crippen molar-refractivity contribution in [1.29, 1.82) is 0 Å². The van der Waals surface area contributed by atoms with Crippen LogP contribution in [0.2, 0.25) is 0 Å². The molecule has 0 bridgehead atoms. The number of anilines is 1. The van der Waals surface area contributed by atoms with Gasteiger partial charge in [0.25, 0.3) is 0 Å². The topological polar surface area (TPSA) is 90.4 Å². The molecule has 0 unspecified atom stereocenters. The molecule has 0 radical (unpaired) electrons. The Bertz CT molecular complexity index is 1160. The predicted octanol–water partition coefficient (Wildman–Crippen LogP) is 4.89. The minimum absolute atomic E-state index is 0.0783. The van der Waals surface area contributed by atoms with Crippen LogP contribution in [0.4, 0.5) is 10.8 Å². The van der Waals surface area contributed by atoms with E-state index in [0.29, 0.717) is 16.8 Å². The molecule has 0 aliphatic heterocycles. The Morgan fingerprint density at radius 1 is 1.18 bits per heavy atom. The quantitative estimate of drug-likeness (QED) is 0.249. The van der Waals surface area contributed by atoms with Crippen LogP contribution in [0.15, 0.2) is 77.4 Å². The fourth-order valence-electron chi connectivity index (χ4n) is 2.71. The molecule has 4 rings (SSSR count). The molecule has 0 spiro atoms. The zero-order chi connectivity index (χ0) is 19.3. The van der Waals surface area contributed by atoms with Crippen molar-refractivity contribution < 1.29 is 9.90 Å². The average molecular weight is 388 g/mol. The zero-order valence-corrected chi connectivity index (χ0v) is 15.5. The number of aromatic hydroxyl groups is 1. The van der Waals surface area contributed by atoms with Crippen molar-refractivity contribution in [2.75, 3.05) is 5.32 Å². The van der Waals surface area contributed by atoms with E-state index in [1.807, 2.05) is 29.6 Å². The van der Waals surface area contributed by atoms with E-state index in [2.05, 4.69) is 20.3 Å². The van der Waals surface area contributed by atoms with Crippen molar-refractivity contribution in [3.63, 3.8) is 0 Å². The summed E-state index contributed by atoms with van der Waals surface area (Å²) >= 11 is 1.46. The number of thiazole rings is 1. The summed E-state index contributed by atoms with van der Waals surface area (Å²) < 4.78 is 0. The number of nitrogens with zero attached hydrogens (tertiary/aromatic N) is 2. The highest BCUT2D eigenvalue weighted by molar-refractivity contribution is 7.13. The smallest absolute Gasteiger partial charge is 0.198 e. The van der Waals surface area contributed by atoms with E-state index in [1.54, 1.807) is 42.9 Å². The maximum atomic E-state index is 12.2. The standard InChI is InChI=1S/C21H16N4O2S/c26-19(9-10-22-21-23-11-12-28-21)14-5-7-15(8-6-14)24-13-17-16-3-1-2-4-18(16)25-20(17)27/h1-13,25,27H,(H,22,23)/b10-9+,24-13?. The summed E-state index contributed by atoms with van der Waals surface area (Å²) in [5.74, 6) is -0.0384. The summed E-state index contributed by atoms with van der Waals surface area (Å²) in [6.07, 6.45) is 6.34. The van der Waals surface area contributed by atoms with Gasteiger partial charge >= 0.3 is 0 Å². The van der Waals surface area contributed by atoms with Gasteiger partial charge in [0, 0.05) is 46.5 Å². The highest BCUT2D eigenvalue weighted by Gasteiger charge is 2.08. The van der Waals surface area contributed by atoms with Gasteiger partial charge in [0.05, 0.1) is 11.3 Å². The molecular formula is C21H16N4O2S. The van der Waals surface area contributed by atoms with Crippen molar-refractivity contribution in [3.8, 4) is 5.88 Å². The molecule has 6 nitrogen and oxygen atoms in total. The number of fused-ring (bicyclic) bond motifs is 1. The molecule has 2 aromatic heterocycles. The molecule has 2 heterocycles. The number of aromatic amines is 1. The second-order valence-electron chi connectivity index (χ2n) is 5.92. The number of ketones is 1. The van der Waals surface area contributed by atoms with Crippen molar-refractivity contribution in [2.24, 2.45) is 4.99 Å². The molecule has 0 saturated heterocycles. The van der Waals surface area contributed by atoms with Gasteiger partial charge in [0.15, 0.2) is 16.8 Å². The van der Waals surface area contributed by atoms with Gasteiger partial charge in [-0.3, -0.25) is 9.79 Å². The molecule has 28 heavy (non-hydrogen) atoms. The summed E-state index contributed by atoms with van der Waals surface area (Å²) in [7, 11) is 0. The minimum Gasteiger partial charge on any atom is -0.494 e. The summed E-state index contributed by atoms with van der Waals surface area (Å²) in [6.45, 7) is 0. The number of aromatic nitrogens is 2. The van der Waals surface area contributed by atoms with Crippen molar-refractivity contribution in [2.45, 2.75) is 0 Å². The van der Waals surface area contributed by atoms with Gasteiger partial charge in [0.2, 0.25) is 0 Å². The lowest BCUT2D eigenvalue weighted by molar-refractivity contribution is 0.104. The Labute approximate surface area is 164 Å². The molecule has 0 amide bonds. The summed E-state index contributed by atoms with van der Waals surface area (Å²) in [5.41, 5.74) is 2.73. The highest BCUT2D eigenvalue weighted by Crippen LogP contribution is 2.26. The Hall–Kier alpha value is -3.71. The largest absolute Gasteiger partial charge is 0.494 e. The molecule has 0 aliphatic carbocycles. The van der Waals surface area contributed by atoms with E-state index >= 15 is 0 Å². The lowest BCUT2D eigenvalue weighted by atomic mass is 10.1. The normalized spacial score (nSPS) is 11.6. The zero-order valence-electron chi connectivity index (χ0n) is 14.7. The number of benzene rings is 2. The first-order valence-corrected chi connectivity index (χ1v) is 9.39. The molecule has 0 saturated carbocycles. The number of hydrogen-bond acceptors (Lipinski definition) is 6. The van der Waals surface area contributed by atoms with Crippen LogP contribution in [-0.2, 0) is 0 Å². The maximum Gasteiger partial charge on any atom is 0.198 e. The molecule has 0 aliphatic rings. The second kappa shape index (κ2) is 7.89. The van der Waals surface area contributed by atoms with Crippen LogP contribution in [0.5, 0.6) is 5.88 Å². The third-order valence-corrected chi connectivity index (χ3v) is 4.80. The Morgan fingerprint density at radius 3 is 2.79 bits per heavy atom. The van der Waals surface area contributed by atoms with Crippen LogP contribution in [0.1, 0.15) is 15.9 Å². The minimum atomic E-state index is -0.117. The van der Waals surface area contributed by atoms with E-state index in [0.717, 1.165) is 16.0 Å². The van der Waals surface area contributed by atoms with Gasteiger partial charge in [-0.15, -0.1) is 11.3 Å². The molecule has 3 N–H and O–H groups in total. The number of rotatable bonds is 6. The first kappa shape index (κ1) is 17.7.